The SMILES string of the molecule is CO[C@H]1C[C@H](C)C/C(C)=C\[C@@H](C/C=C/C(=O)NCCCOCCOCCOCCNC(=O)O[C@H]2C(=O)[C@@]3(C)[C@H]([C@H](OC(=O)c4ccccc4)[C@]4(O)C[C@H](OC(=O)[C@@H](O)[C@@H](NC(=O)OC(C)(C)C)c5ccccc5)C(C)=C2C4(C)C)[C@]2(OC(C)=O)CO[C@@H]2C[C@@H]3O)C(=O)C[C@H](O)[C@H](C)[C@H](/C(C)=C/[C@H]2CC[C@H](O)[C@@H](OC)C2)OC(=O)[C@H]2CCCCN2C(=O)C(=O)[C@@]2(O)O[C@@H]1[C@H](OC)C[C@@H]2C. The number of amides is 4. The molecule has 2 aromatic carbocycles. The van der Waals surface area contributed by atoms with Gasteiger partial charge >= 0.3 is 36.1 Å². The van der Waals surface area contributed by atoms with E-state index < -0.39 is 221 Å². The Morgan fingerprint density at radius 2 is 1.37 bits per heavy atom. The smallest absolute Gasteiger partial charge is 0.408 e. The second-order valence-electron chi connectivity index (χ2n) is 38.8. The van der Waals surface area contributed by atoms with E-state index in [1.54, 1.807) is 96.1 Å². The number of Topliss-reactive ketones (excluding diaryl/α,β-unsaturated/α-hetero) is 3. The molecule has 25 atom stereocenters. The highest BCUT2D eigenvalue weighted by molar-refractivity contribution is 6.39. The van der Waals surface area contributed by atoms with Crippen LogP contribution in [0.1, 0.15) is 202 Å². The molecule has 4 amide bonds. The second-order valence-corrected chi connectivity index (χ2v) is 38.8. The van der Waals surface area contributed by atoms with Crippen LogP contribution in [0.15, 0.2) is 107 Å². The zero-order chi connectivity index (χ0) is 97.4. The van der Waals surface area contributed by atoms with Gasteiger partial charge in [-0.15, -0.1) is 0 Å². The van der Waals surface area contributed by atoms with E-state index in [9.17, 15) is 78.6 Å². The Bertz CT molecular complexity index is 4510. The fourth-order valence-corrected chi connectivity index (χ4v) is 20.6. The molecule has 0 unspecified atom stereocenters. The van der Waals surface area contributed by atoms with Gasteiger partial charge in [0.15, 0.2) is 23.6 Å². The summed E-state index contributed by atoms with van der Waals surface area (Å²) in [4.78, 5) is 160. The number of methoxy groups -OCH3 is 3. The van der Waals surface area contributed by atoms with E-state index in [1.807, 2.05) is 26.0 Å². The minimum atomic E-state index is -2.62. The zero-order valence-electron chi connectivity index (χ0n) is 79.5. The van der Waals surface area contributed by atoms with Gasteiger partial charge in [0.2, 0.25) is 11.7 Å². The Labute approximate surface area is 778 Å². The third kappa shape index (κ3) is 25.0. The standard InChI is InChI=1S/C98H140N4O31/c1-55-45-56(2)47-71(121-15)81-72(122-16)49-58(4)98(119,132-81)85(111)87(112)102-38-24-23-32-66(102)89(114)128-80(57(3)48-62-34-35-67(104)70(50-62)120-14)59(5)68(105)51-69(106)65(46-55)31-25-33-76(108)99-36-26-39-123-41-43-125-44-42-124-40-37-100-91(116)129-82-77-60(6)73(127-90(115)79(109)78(63-27-19-17-20-28-63)101-92(117)133-93(8,9)10)53-97(118,94(77,11)12)86(130-88(113)64-29-21-18-22-30-64)83-95(13,84(82)110)74(107)52-75-96(83,54-126-75)131-61(7)103/h17-22,25,27-30,33,46,48,56,58-59,62,65-68,70-75,78-83,86,104-105,107,109,118-119H,23-24,26,31-32,34-45,47,49-54H2,1-16H3,(H,99,108)(H,100,116)(H,101,117)/b33-25+,55-46-,57-48+/t56-,58+,59+,62-,65-,66-,67+,68+,70+,71+,72-,73+,74+,75-,78+,79+,80+,81+,82-,83+,86+,95-,96+,97-,98+/m1/s1. The van der Waals surface area contributed by atoms with Crippen LogP contribution in [0.3, 0.4) is 0 Å². The highest BCUT2D eigenvalue weighted by Gasteiger charge is 2.79. The topological polar surface area (TPSA) is 478 Å². The molecule has 0 radical (unpaired) electrons. The number of ketones is 3. The number of cyclic esters (lactones) is 1. The van der Waals surface area contributed by atoms with Gasteiger partial charge in [-0.1, -0.05) is 107 Å². The summed E-state index contributed by atoms with van der Waals surface area (Å²) in [6.07, 6.45) is -9.67. The van der Waals surface area contributed by atoms with Crippen LogP contribution in [-0.2, 0) is 105 Å². The first-order chi connectivity index (χ1) is 62.9. The molecule has 0 spiro atoms. The van der Waals surface area contributed by atoms with Crippen molar-refractivity contribution in [3.05, 3.63) is 118 Å². The number of hydrogen-bond donors (Lipinski definition) is 9. The Morgan fingerprint density at radius 1 is 0.722 bits per heavy atom. The number of ether oxygens (including phenoxy) is 14. The molecule has 4 heterocycles. The van der Waals surface area contributed by atoms with Gasteiger partial charge in [-0.3, -0.25) is 28.8 Å². The second kappa shape index (κ2) is 46.4. The molecule has 738 valence electrons. The van der Waals surface area contributed by atoms with Crippen molar-refractivity contribution < 1.29 is 150 Å². The van der Waals surface area contributed by atoms with Crippen molar-refractivity contribution in [1.29, 1.82) is 0 Å². The molecule has 4 aliphatic carbocycles. The van der Waals surface area contributed by atoms with Gasteiger partial charge in [0.25, 0.3) is 11.7 Å². The average Bonchev–Trinajstić information content (AvgIpc) is 0.666. The first kappa shape index (κ1) is 106. The van der Waals surface area contributed by atoms with Crippen LogP contribution in [0.2, 0.25) is 0 Å². The number of aliphatic hydroxyl groups is 6. The van der Waals surface area contributed by atoms with Crippen molar-refractivity contribution in [2.75, 3.05) is 87.2 Å². The molecule has 3 saturated heterocycles. The third-order valence-electron chi connectivity index (χ3n) is 27.9. The molecule has 10 rings (SSSR count). The quantitative estimate of drug-likeness (QED) is 0.00908. The van der Waals surface area contributed by atoms with Crippen molar-refractivity contribution in [3.8, 4) is 0 Å². The predicted octanol–water partition coefficient (Wildman–Crippen LogP) is 7.57. The number of carbonyl (C=O) groups excluding carboxylic acids is 11. The molecule has 35 nitrogen and oxygen atoms in total. The van der Waals surface area contributed by atoms with E-state index in [0.29, 0.717) is 56.9 Å². The number of carbonyl (C=O) groups is 11. The minimum absolute atomic E-state index is 0.00331. The maximum absolute atomic E-state index is 16.3. The molecular weight excluding hydrogens is 1730 g/mol. The number of fused-ring (bicyclic) bond motifs is 8. The van der Waals surface area contributed by atoms with Crippen molar-refractivity contribution in [3.63, 3.8) is 0 Å². The molecule has 8 aliphatic rings. The lowest BCUT2D eigenvalue weighted by Gasteiger charge is -2.67. The maximum Gasteiger partial charge on any atom is 0.408 e. The zero-order valence-corrected chi connectivity index (χ0v) is 79.5. The molecule has 35 heteroatoms. The lowest BCUT2D eigenvalue weighted by molar-refractivity contribution is -0.345. The van der Waals surface area contributed by atoms with Crippen molar-refractivity contribution in [2.24, 2.45) is 46.3 Å². The largest absolute Gasteiger partial charge is 0.456 e. The van der Waals surface area contributed by atoms with Gasteiger partial charge in [-0.05, 0) is 171 Å². The number of esters is 4. The molecule has 4 bridgehead atoms. The summed E-state index contributed by atoms with van der Waals surface area (Å²) in [5, 5.41) is 81.9. The minimum Gasteiger partial charge on any atom is -0.456 e. The van der Waals surface area contributed by atoms with E-state index in [1.165, 1.54) is 67.2 Å². The number of hydrogen-bond acceptors (Lipinski definition) is 31. The first-order valence-electron chi connectivity index (χ1n) is 46.5. The maximum atomic E-state index is 16.3. The highest BCUT2D eigenvalue weighted by Crippen LogP contribution is 2.65. The van der Waals surface area contributed by atoms with Crippen molar-refractivity contribution in [1.82, 2.24) is 20.9 Å². The number of benzene rings is 2. The molecule has 9 N–H and O–H groups in total. The number of piperidine rings is 1. The molecule has 3 saturated carbocycles. The van der Waals surface area contributed by atoms with E-state index in [4.69, 9.17) is 66.3 Å². The summed E-state index contributed by atoms with van der Waals surface area (Å²) in [7, 11) is 4.48. The van der Waals surface area contributed by atoms with Crippen molar-refractivity contribution >= 4 is 65.2 Å². The van der Waals surface area contributed by atoms with Crippen molar-refractivity contribution in [2.45, 2.75) is 294 Å². The number of allylic oxidation sites excluding steroid dienone is 4. The lowest BCUT2D eigenvalue weighted by atomic mass is 9.44. The summed E-state index contributed by atoms with van der Waals surface area (Å²) in [5.74, 6) is -15.4. The normalized spacial score (nSPS) is 34.0. The van der Waals surface area contributed by atoms with Crippen LogP contribution in [-0.4, -0.2) is 296 Å². The van der Waals surface area contributed by atoms with Gasteiger partial charge in [0, 0.05) is 96.9 Å². The molecule has 2 aromatic rings. The lowest BCUT2D eigenvalue weighted by Crippen LogP contribution is -2.82. The van der Waals surface area contributed by atoms with E-state index in [0.717, 1.165) is 17.4 Å². The van der Waals surface area contributed by atoms with E-state index in [-0.39, 0.29) is 131 Å². The third-order valence-corrected chi connectivity index (χ3v) is 27.9. The Morgan fingerprint density at radius 3 is 2.01 bits per heavy atom. The molecule has 6 fully saturated rings. The average molecular weight is 1870 g/mol. The van der Waals surface area contributed by atoms with Gasteiger partial charge in [-0.2, -0.15) is 0 Å². The number of nitrogens with zero attached hydrogens (tertiary/aromatic N) is 1. The van der Waals surface area contributed by atoms with Crippen LogP contribution in [0, 0.1) is 46.3 Å². The van der Waals surface area contributed by atoms with Crippen LogP contribution in [0.5, 0.6) is 0 Å². The summed E-state index contributed by atoms with van der Waals surface area (Å²) in [6, 6.07) is 13.0. The number of aliphatic hydroxyl groups excluding tert-OH is 4. The molecule has 4 aliphatic heterocycles. The summed E-state index contributed by atoms with van der Waals surface area (Å²) in [5.41, 5.74) is -7.97. The van der Waals surface area contributed by atoms with E-state index in [2.05, 4.69) is 16.0 Å². The van der Waals surface area contributed by atoms with Crippen LogP contribution in [0.4, 0.5) is 9.59 Å². The Kier molecular flexibility index (Phi) is 37.0. The van der Waals surface area contributed by atoms with Gasteiger partial charge in [0.1, 0.15) is 53.5 Å². The molecular formula is C98H140N4O31. The summed E-state index contributed by atoms with van der Waals surface area (Å²) < 4.78 is 84.1. The van der Waals surface area contributed by atoms with Crippen LogP contribution >= 0.6 is 0 Å². The summed E-state index contributed by atoms with van der Waals surface area (Å²) in [6.45, 7) is 21.0. The Balaban J connectivity index is 0.753. The first-order valence-corrected chi connectivity index (χ1v) is 46.5. The monoisotopic (exact) mass is 1870 g/mol. The number of alkyl carbamates (subject to hydrolysis) is 2. The van der Waals surface area contributed by atoms with Crippen LogP contribution < -0.4 is 16.0 Å². The fraction of sp³-hybridized carbons (Fsp3) is 0.684. The molecule has 0 aromatic heterocycles. The highest BCUT2D eigenvalue weighted by atomic mass is 16.7. The van der Waals surface area contributed by atoms with Gasteiger partial charge in [0.05, 0.1) is 99.2 Å². The molecule has 133 heavy (non-hydrogen) atoms. The number of nitrogens with one attached hydrogen (secondary N) is 3. The van der Waals surface area contributed by atoms with Gasteiger partial charge in [-0.25, -0.2) is 24.0 Å². The Hall–Kier alpha value is -8.79. The summed E-state index contributed by atoms with van der Waals surface area (Å²) >= 11 is 0. The van der Waals surface area contributed by atoms with Crippen LogP contribution in [0.25, 0.3) is 0 Å². The van der Waals surface area contributed by atoms with Gasteiger partial charge < -0.3 is 118 Å². The number of rotatable bonds is 30. The fourth-order valence-electron chi connectivity index (χ4n) is 20.6. The predicted molar refractivity (Wildman–Crippen MR) is 477 cm³/mol. The van der Waals surface area contributed by atoms with E-state index >= 15 is 4.79 Å².